The molecular weight excluding hydrogens is 212 g/mol. The fraction of sp³-hybridized carbons (Fsp3) is 0.364. The molecule has 0 heterocycles. The van der Waals surface area contributed by atoms with Gasteiger partial charge in [0, 0.05) is 11.7 Å². The lowest BCUT2D eigenvalue weighted by molar-refractivity contribution is -0.111. The van der Waals surface area contributed by atoms with Crippen LogP contribution in [-0.2, 0) is 20.0 Å². The molecule has 1 aromatic rings. The quantitative estimate of drug-likeness (QED) is 0.735. The molecule has 0 saturated carbocycles. The molecule has 0 aliphatic heterocycles. The highest BCUT2D eigenvalue weighted by Gasteiger charge is 2.20. The van der Waals surface area contributed by atoms with Crippen LogP contribution in [0, 0.1) is 0 Å². The fourth-order valence-corrected chi connectivity index (χ4v) is 1.86. The Morgan fingerprint density at radius 2 is 1.87 bits per heavy atom. The third-order valence-corrected chi connectivity index (χ3v) is 3.41. The molecule has 0 amide bonds. The van der Waals surface area contributed by atoms with Crippen LogP contribution in [0.5, 0.6) is 0 Å². The van der Waals surface area contributed by atoms with Gasteiger partial charge >= 0.3 is 0 Å². The first-order valence-electron chi connectivity index (χ1n) is 4.54. The minimum Gasteiger partial charge on any atom is -0.302 e. The molecule has 4 heteroatoms. The molecule has 0 fully saturated rings. The molecule has 0 radical (unpaired) electrons. The zero-order valence-corrected chi connectivity index (χ0v) is 9.84. The molecule has 0 aliphatic carbocycles. The highest BCUT2D eigenvalue weighted by Crippen LogP contribution is 2.23. The van der Waals surface area contributed by atoms with E-state index in [-0.39, 0.29) is 4.90 Å². The van der Waals surface area contributed by atoms with Crippen molar-refractivity contribution in [2.24, 2.45) is 0 Å². The molecule has 1 rings (SSSR count). The lowest BCUT2D eigenvalue weighted by Gasteiger charge is -2.17. The average Bonchev–Trinajstić information content (AvgIpc) is 2.17. The van der Waals surface area contributed by atoms with E-state index in [1.807, 2.05) is 0 Å². The van der Waals surface area contributed by atoms with Crippen molar-refractivity contribution in [2.45, 2.75) is 24.2 Å². The summed E-state index contributed by atoms with van der Waals surface area (Å²) in [5.41, 5.74) is 0.0566. The van der Waals surface area contributed by atoms with Crippen LogP contribution in [-0.4, -0.2) is 21.0 Å². The monoisotopic (exact) mass is 226 g/mol. The SMILES string of the molecule is CC(C)(C=O)c1cccc(S(C)(=O)=O)c1. The third kappa shape index (κ3) is 2.65. The Bertz CT molecular complexity index is 472. The summed E-state index contributed by atoms with van der Waals surface area (Å²) in [6.07, 6.45) is 1.97. The second-order valence-corrected chi connectivity index (χ2v) is 6.16. The van der Waals surface area contributed by atoms with Gasteiger partial charge in [-0.3, -0.25) is 0 Å². The first kappa shape index (κ1) is 11.9. The first-order valence-corrected chi connectivity index (χ1v) is 6.43. The van der Waals surface area contributed by atoms with Gasteiger partial charge in [0.05, 0.1) is 4.90 Å². The summed E-state index contributed by atoms with van der Waals surface area (Å²) in [4.78, 5) is 11.1. The molecule has 0 aliphatic rings. The van der Waals surface area contributed by atoms with Gasteiger partial charge in [-0.1, -0.05) is 12.1 Å². The number of hydrogen-bond donors (Lipinski definition) is 0. The van der Waals surface area contributed by atoms with E-state index >= 15 is 0 Å². The number of rotatable bonds is 3. The van der Waals surface area contributed by atoms with Gasteiger partial charge in [-0.2, -0.15) is 0 Å². The highest BCUT2D eigenvalue weighted by atomic mass is 32.2. The van der Waals surface area contributed by atoms with Crippen molar-refractivity contribution in [3.05, 3.63) is 29.8 Å². The van der Waals surface area contributed by atoms with Crippen LogP contribution in [0.3, 0.4) is 0 Å². The molecule has 0 N–H and O–H groups in total. The Morgan fingerprint density at radius 1 is 1.27 bits per heavy atom. The summed E-state index contributed by atoms with van der Waals surface area (Å²) in [7, 11) is -3.21. The van der Waals surface area contributed by atoms with E-state index in [1.165, 1.54) is 6.07 Å². The van der Waals surface area contributed by atoms with Crippen molar-refractivity contribution >= 4 is 16.1 Å². The van der Waals surface area contributed by atoms with Crippen LogP contribution in [0.15, 0.2) is 29.2 Å². The van der Waals surface area contributed by atoms with E-state index in [0.717, 1.165) is 12.5 Å². The largest absolute Gasteiger partial charge is 0.302 e. The summed E-state index contributed by atoms with van der Waals surface area (Å²) in [5.74, 6) is 0. The highest BCUT2D eigenvalue weighted by molar-refractivity contribution is 7.90. The number of hydrogen-bond acceptors (Lipinski definition) is 3. The summed E-state index contributed by atoms with van der Waals surface area (Å²) in [6, 6.07) is 6.48. The number of carbonyl (C=O) groups is 1. The van der Waals surface area contributed by atoms with E-state index in [2.05, 4.69) is 0 Å². The second-order valence-electron chi connectivity index (χ2n) is 4.14. The van der Waals surface area contributed by atoms with Gasteiger partial charge < -0.3 is 4.79 Å². The van der Waals surface area contributed by atoms with Crippen LogP contribution in [0.25, 0.3) is 0 Å². The Kier molecular flexibility index (Phi) is 3.00. The maximum absolute atomic E-state index is 11.3. The maximum Gasteiger partial charge on any atom is 0.175 e. The van der Waals surface area contributed by atoms with Crippen molar-refractivity contribution < 1.29 is 13.2 Å². The first-order chi connectivity index (χ1) is 6.77. The lowest BCUT2D eigenvalue weighted by Crippen LogP contribution is -2.19. The van der Waals surface area contributed by atoms with Crippen molar-refractivity contribution in [3.8, 4) is 0 Å². The molecule has 1 aromatic carbocycles. The molecule has 0 unspecified atom stereocenters. The molecule has 0 spiro atoms. The zero-order chi connectivity index (χ0) is 11.7. The minimum atomic E-state index is -3.21. The van der Waals surface area contributed by atoms with Crippen LogP contribution in [0.4, 0.5) is 0 Å². The standard InChI is InChI=1S/C11H14O3S/c1-11(2,8-12)9-5-4-6-10(7-9)15(3,13)14/h4-8H,1-3H3. The molecule has 3 nitrogen and oxygen atoms in total. The summed E-state index contributed by atoms with van der Waals surface area (Å²) < 4.78 is 22.6. The van der Waals surface area contributed by atoms with Gasteiger partial charge in [-0.15, -0.1) is 0 Å². The predicted molar refractivity (Wildman–Crippen MR) is 58.6 cm³/mol. The van der Waals surface area contributed by atoms with Crippen molar-refractivity contribution in [1.29, 1.82) is 0 Å². The van der Waals surface area contributed by atoms with Crippen molar-refractivity contribution in [2.75, 3.05) is 6.26 Å². The van der Waals surface area contributed by atoms with Crippen LogP contribution in [0.1, 0.15) is 19.4 Å². The second kappa shape index (κ2) is 3.77. The lowest BCUT2D eigenvalue weighted by atomic mass is 9.86. The van der Waals surface area contributed by atoms with Crippen molar-refractivity contribution in [3.63, 3.8) is 0 Å². The molecule has 15 heavy (non-hydrogen) atoms. The number of carbonyl (C=O) groups excluding carboxylic acids is 1. The molecular formula is C11H14O3S. The van der Waals surface area contributed by atoms with Crippen LogP contribution in [0.2, 0.25) is 0 Å². The zero-order valence-electron chi connectivity index (χ0n) is 9.02. The molecule has 82 valence electrons. The number of aldehydes is 1. The Hall–Kier alpha value is -1.16. The van der Waals surface area contributed by atoms with E-state index in [1.54, 1.807) is 32.0 Å². The Balaban J connectivity index is 3.32. The summed E-state index contributed by atoms with van der Waals surface area (Å²) in [6.45, 7) is 3.50. The Labute approximate surface area is 90.0 Å². The summed E-state index contributed by atoms with van der Waals surface area (Å²) in [5, 5.41) is 0. The predicted octanol–water partition coefficient (Wildman–Crippen LogP) is 1.57. The van der Waals surface area contributed by atoms with Gasteiger partial charge in [-0.25, -0.2) is 8.42 Å². The Morgan fingerprint density at radius 3 is 2.33 bits per heavy atom. The van der Waals surface area contributed by atoms with Crippen LogP contribution >= 0.6 is 0 Å². The topological polar surface area (TPSA) is 51.2 Å². The number of benzene rings is 1. The van der Waals surface area contributed by atoms with E-state index in [4.69, 9.17) is 0 Å². The smallest absolute Gasteiger partial charge is 0.175 e. The summed E-state index contributed by atoms with van der Waals surface area (Å²) >= 11 is 0. The van der Waals surface area contributed by atoms with Gasteiger partial charge in [0.25, 0.3) is 0 Å². The average molecular weight is 226 g/mol. The van der Waals surface area contributed by atoms with Gasteiger partial charge in [0.1, 0.15) is 6.29 Å². The van der Waals surface area contributed by atoms with E-state index in [9.17, 15) is 13.2 Å². The van der Waals surface area contributed by atoms with Gasteiger partial charge in [-0.05, 0) is 31.5 Å². The van der Waals surface area contributed by atoms with Gasteiger partial charge in [0.15, 0.2) is 9.84 Å². The maximum atomic E-state index is 11.3. The third-order valence-electron chi connectivity index (χ3n) is 2.30. The molecule has 0 aromatic heterocycles. The van der Waals surface area contributed by atoms with E-state index < -0.39 is 15.3 Å². The minimum absolute atomic E-state index is 0.245. The molecule has 0 atom stereocenters. The number of sulfone groups is 1. The normalized spacial score (nSPS) is 12.5. The van der Waals surface area contributed by atoms with Crippen molar-refractivity contribution in [1.82, 2.24) is 0 Å². The molecule has 0 saturated heterocycles. The van der Waals surface area contributed by atoms with E-state index in [0.29, 0.717) is 5.56 Å². The van der Waals surface area contributed by atoms with Gasteiger partial charge in [0.2, 0.25) is 0 Å². The molecule has 0 bridgehead atoms. The fourth-order valence-electron chi connectivity index (χ4n) is 1.20. The van der Waals surface area contributed by atoms with Crippen LogP contribution < -0.4 is 0 Å².